The van der Waals surface area contributed by atoms with Gasteiger partial charge in [-0.3, -0.25) is 9.89 Å². The molecule has 6 nitrogen and oxygen atoms in total. The van der Waals surface area contributed by atoms with Gasteiger partial charge in [-0.05, 0) is 50.9 Å². The molecule has 2 aliphatic rings. The molecule has 1 atom stereocenters. The fourth-order valence-corrected chi connectivity index (χ4v) is 4.21. The predicted octanol–water partition coefficient (Wildman–Crippen LogP) is 3.16. The first-order valence-corrected chi connectivity index (χ1v) is 11.5. The Kier molecular flexibility index (Phi) is 11.2. The molecule has 0 radical (unpaired) electrons. The molecule has 170 valence electrons. The molecule has 3 rings (SSSR count). The number of hydrogen-bond acceptors (Lipinski definition) is 4. The number of aliphatic imine (C=N–C) groups is 1. The average Bonchev–Trinajstić information content (AvgIpc) is 3.29. The molecular weight excluding hydrogens is 487 g/mol. The van der Waals surface area contributed by atoms with E-state index in [1.165, 1.54) is 50.3 Å². The molecule has 2 fully saturated rings. The third-order valence-corrected chi connectivity index (χ3v) is 6.14. The minimum Gasteiger partial charge on any atom is -0.372 e. The van der Waals surface area contributed by atoms with Crippen molar-refractivity contribution < 1.29 is 0 Å². The maximum absolute atomic E-state index is 4.84. The summed E-state index contributed by atoms with van der Waals surface area (Å²) in [4.78, 5) is 12.4. The monoisotopic (exact) mass is 528 g/mol. The van der Waals surface area contributed by atoms with Gasteiger partial charge in [-0.1, -0.05) is 19.1 Å². The van der Waals surface area contributed by atoms with Crippen molar-refractivity contribution in [2.75, 3.05) is 70.3 Å². The van der Waals surface area contributed by atoms with Gasteiger partial charge >= 0.3 is 0 Å². The number of halogens is 1. The third kappa shape index (κ3) is 7.57. The average molecular weight is 529 g/mol. The Morgan fingerprint density at radius 2 is 1.73 bits per heavy atom. The van der Waals surface area contributed by atoms with Gasteiger partial charge in [-0.15, -0.1) is 24.0 Å². The highest BCUT2D eigenvalue weighted by Crippen LogP contribution is 2.23. The molecule has 2 heterocycles. The lowest BCUT2D eigenvalue weighted by atomic mass is 10.1. The second-order valence-electron chi connectivity index (χ2n) is 8.19. The molecule has 0 amide bonds. The van der Waals surface area contributed by atoms with Crippen molar-refractivity contribution in [3.8, 4) is 0 Å². The van der Waals surface area contributed by atoms with Gasteiger partial charge < -0.3 is 20.4 Å². The molecule has 0 spiro atoms. The maximum atomic E-state index is 4.84. The number of anilines is 1. The van der Waals surface area contributed by atoms with Gasteiger partial charge in [0, 0.05) is 58.0 Å². The lowest BCUT2D eigenvalue weighted by Crippen LogP contribution is -2.47. The number of piperazine rings is 1. The zero-order valence-electron chi connectivity index (χ0n) is 19.1. The van der Waals surface area contributed by atoms with Crippen LogP contribution in [0.2, 0.25) is 0 Å². The highest BCUT2D eigenvalue weighted by Gasteiger charge is 2.16. The molecule has 30 heavy (non-hydrogen) atoms. The Bertz CT molecular complexity index is 638. The van der Waals surface area contributed by atoms with Gasteiger partial charge in [0.15, 0.2) is 5.96 Å². The smallest absolute Gasteiger partial charge is 0.191 e. The van der Waals surface area contributed by atoms with E-state index in [0.29, 0.717) is 0 Å². The summed E-state index contributed by atoms with van der Waals surface area (Å²) in [7, 11) is 0. The zero-order chi connectivity index (χ0) is 20.5. The molecule has 0 aliphatic carbocycles. The summed E-state index contributed by atoms with van der Waals surface area (Å²) in [6, 6.07) is 9.19. The van der Waals surface area contributed by atoms with Gasteiger partial charge in [0.1, 0.15) is 0 Å². The number of nitrogens with one attached hydrogen (secondary N) is 2. The van der Waals surface area contributed by atoms with Gasteiger partial charge in [-0.25, -0.2) is 0 Å². The lowest BCUT2D eigenvalue weighted by Gasteiger charge is -2.33. The molecule has 2 aliphatic heterocycles. The van der Waals surface area contributed by atoms with Gasteiger partial charge in [0.2, 0.25) is 0 Å². The van der Waals surface area contributed by atoms with Crippen molar-refractivity contribution in [2.24, 2.45) is 4.99 Å². The van der Waals surface area contributed by atoms with E-state index in [0.717, 1.165) is 45.2 Å². The Balaban J connectivity index is 0.00000320. The Labute approximate surface area is 200 Å². The minimum atomic E-state index is 0. The molecule has 1 unspecified atom stereocenters. The van der Waals surface area contributed by atoms with E-state index in [1.807, 2.05) is 0 Å². The van der Waals surface area contributed by atoms with Gasteiger partial charge in [0.25, 0.3) is 0 Å². The van der Waals surface area contributed by atoms with Crippen molar-refractivity contribution >= 4 is 35.6 Å². The quantitative estimate of drug-likeness (QED) is 0.309. The second-order valence-corrected chi connectivity index (χ2v) is 8.19. The molecule has 0 saturated carbocycles. The van der Waals surface area contributed by atoms with Crippen molar-refractivity contribution in [3.63, 3.8) is 0 Å². The van der Waals surface area contributed by atoms with Crippen molar-refractivity contribution in [3.05, 3.63) is 29.8 Å². The molecule has 1 aromatic carbocycles. The Morgan fingerprint density at radius 1 is 1.03 bits per heavy atom. The molecule has 2 N–H and O–H groups in total. The summed E-state index contributed by atoms with van der Waals surface area (Å²) < 4.78 is 0. The van der Waals surface area contributed by atoms with E-state index in [1.54, 1.807) is 0 Å². The Morgan fingerprint density at radius 3 is 2.40 bits per heavy atom. The summed E-state index contributed by atoms with van der Waals surface area (Å²) in [5, 5.41) is 7.01. The molecule has 0 aromatic heterocycles. The number of rotatable bonds is 8. The van der Waals surface area contributed by atoms with E-state index >= 15 is 0 Å². The van der Waals surface area contributed by atoms with Crippen molar-refractivity contribution in [1.82, 2.24) is 20.4 Å². The topological polar surface area (TPSA) is 46.1 Å². The standard InChI is InChI=1S/C23H40N6.HI/c1-4-24-23(25-11-14-28-17-15-27(5-2)16-18-28)26-20(3)21-9-8-10-22(19-21)29-12-6-7-13-29;/h8-10,19-20H,4-7,11-18H2,1-3H3,(H2,24,25,26);1H. The van der Waals surface area contributed by atoms with Gasteiger partial charge in [0.05, 0.1) is 12.6 Å². The highest BCUT2D eigenvalue weighted by molar-refractivity contribution is 14.0. The summed E-state index contributed by atoms with van der Waals surface area (Å²) in [6.07, 6.45) is 2.62. The van der Waals surface area contributed by atoms with Crippen LogP contribution in [0.3, 0.4) is 0 Å². The summed E-state index contributed by atoms with van der Waals surface area (Å²) in [6.45, 7) is 17.6. The first-order chi connectivity index (χ1) is 14.2. The summed E-state index contributed by atoms with van der Waals surface area (Å²) in [5.74, 6) is 0.916. The van der Waals surface area contributed by atoms with E-state index < -0.39 is 0 Å². The van der Waals surface area contributed by atoms with E-state index in [-0.39, 0.29) is 30.0 Å². The van der Waals surface area contributed by atoms with Crippen LogP contribution in [0.5, 0.6) is 0 Å². The summed E-state index contributed by atoms with van der Waals surface area (Å²) >= 11 is 0. The fourth-order valence-electron chi connectivity index (χ4n) is 4.21. The second kappa shape index (κ2) is 13.4. The van der Waals surface area contributed by atoms with Crippen LogP contribution in [0.1, 0.15) is 45.2 Å². The molecule has 0 bridgehead atoms. The molecule has 1 aromatic rings. The SMILES string of the molecule is CCNC(=NCCN1CCN(CC)CC1)NC(C)c1cccc(N2CCCC2)c1.I. The van der Waals surface area contributed by atoms with Crippen LogP contribution in [0.25, 0.3) is 0 Å². The maximum Gasteiger partial charge on any atom is 0.191 e. The lowest BCUT2D eigenvalue weighted by molar-refractivity contribution is 0.140. The van der Waals surface area contributed by atoms with Crippen LogP contribution in [-0.4, -0.2) is 81.2 Å². The van der Waals surface area contributed by atoms with Gasteiger partial charge in [-0.2, -0.15) is 0 Å². The van der Waals surface area contributed by atoms with Crippen molar-refractivity contribution in [2.45, 2.75) is 39.7 Å². The molecule has 2 saturated heterocycles. The first-order valence-electron chi connectivity index (χ1n) is 11.5. The highest BCUT2D eigenvalue weighted by atomic mass is 127. The molecular formula is C23H41IN6. The predicted molar refractivity (Wildman–Crippen MR) is 139 cm³/mol. The summed E-state index contributed by atoms with van der Waals surface area (Å²) in [5.41, 5.74) is 2.66. The van der Waals surface area contributed by atoms with Crippen LogP contribution < -0.4 is 15.5 Å². The normalized spacial score (nSPS) is 19.4. The van der Waals surface area contributed by atoms with E-state index in [2.05, 4.69) is 70.4 Å². The number of nitrogens with zero attached hydrogens (tertiary/aromatic N) is 4. The number of likely N-dealkylation sites (N-methyl/N-ethyl adjacent to an activating group) is 1. The number of hydrogen-bond donors (Lipinski definition) is 2. The van der Waals surface area contributed by atoms with Crippen LogP contribution in [-0.2, 0) is 0 Å². The van der Waals surface area contributed by atoms with Crippen LogP contribution in [0.15, 0.2) is 29.3 Å². The first kappa shape index (κ1) is 25.2. The fraction of sp³-hybridized carbons (Fsp3) is 0.696. The zero-order valence-corrected chi connectivity index (χ0v) is 21.4. The van der Waals surface area contributed by atoms with E-state index in [9.17, 15) is 0 Å². The largest absolute Gasteiger partial charge is 0.372 e. The number of guanidine groups is 1. The van der Waals surface area contributed by atoms with Crippen LogP contribution in [0.4, 0.5) is 5.69 Å². The third-order valence-electron chi connectivity index (χ3n) is 6.14. The Hall–Kier alpha value is -1.06. The van der Waals surface area contributed by atoms with Crippen molar-refractivity contribution in [1.29, 1.82) is 0 Å². The van der Waals surface area contributed by atoms with Crippen LogP contribution >= 0.6 is 24.0 Å². The van der Waals surface area contributed by atoms with E-state index in [4.69, 9.17) is 4.99 Å². The minimum absolute atomic E-state index is 0. The molecule has 7 heteroatoms. The number of benzene rings is 1. The van der Waals surface area contributed by atoms with Crippen LogP contribution in [0, 0.1) is 0 Å².